The molecule has 0 bridgehead atoms. The van der Waals surface area contributed by atoms with Crippen LogP contribution in [0.2, 0.25) is 0 Å². The number of carbonyl (C=O) groups excluding carboxylic acids is 1. The van der Waals surface area contributed by atoms with Crippen LogP contribution in [0.5, 0.6) is 0 Å². The molecule has 0 N–H and O–H groups in total. The minimum absolute atomic E-state index is 0.175. The number of carbonyl (C=O) groups is 1. The van der Waals surface area contributed by atoms with Gasteiger partial charge in [-0.1, -0.05) is 18.2 Å². The van der Waals surface area contributed by atoms with E-state index < -0.39 is 0 Å². The first-order valence-corrected chi connectivity index (χ1v) is 6.90. The van der Waals surface area contributed by atoms with Crippen LogP contribution >= 0.6 is 11.6 Å². The summed E-state index contributed by atoms with van der Waals surface area (Å²) in [5.74, 6) is 0.589. The molecule has 1 aliphatic rings. The molecule has 0 saturated carbocycles. The van der Waals surface area contributed by atoms with E-state index >= 15 is 0 Å². The van der Waals surface area contributed by atoms with Crippen LogP contribution in [0.4, 0.5) is 5.69 Å². The summed E-state index contributed by atoms with van der Waals surface area (Å²) >= 11 is 5.60. The van der Waals surface area contributed by atoms with E-state index in [2.05, 4.69) is 36.1 Å². The van der Waals surface area contributed by atoms with Crippen molar-refractivity contribution in [2.24, 2.45) is 0 Å². The Morgan fingerprint density at radius 3 is 2.50 bits per heavy atom. The van der Waals surface area contributed by atoms with Gasteiger partial charge >= 0.3 is 0 Å². The van der Waals surface area contributed by atoms with Gasteiger partial charge in [-0.2, -0.15) is 0 Å². The van der Waals surface area contributed by atoms with Crippen molar-refractivity contribution in [3.8, 4) is 0 Å². The van der Waals surface area contributed by atoms with Crippen LogP contribution in [0.3, 0.4) is 0 Å². The maximum absolute atomic E-state index is 11.7. The van der Waals surface area contributed by atoms with Gasteiger partial charge in [0.1, 0.15) is 0 Å². The molecular formula is C14H19ClN2O. The Morgan fingerprint density at radius 2 is 1.89 bits per heavy atom. The van der Waals surface area contributed by atoms with Crippen molar-refractivity contribution in [3.63, 3.8) is 0 Å². The largest absolute Gasteiger partial charge is 0.368 e. The first-order valence-electron chi connectivity index (χ1n) is 6.36. The standard InChI is InChI=1S/C14H19ClN2O/c1-12-4-2-3-5-13(12)16-8-10-17(11-9-16)14(18)6-7-15/h2-5H,6-11H2,1H3. The smallest absolute Gasteiger partial charge is 0.223 e. The van der Waals surface area contributed by atoms with E-state index in [1.54, 1.807) is 0 Å². The van der Waals surface area contributed by atoms with Gasteiger partial charge in [0, 0.05) is 44.2 Å². The molecule has 2 rings (SSSR count). The lowest BCUT2D eigenvalue weighted by Crippen LogP contribution is -2.49. The van der Waals surface area contributed by atoms with Crippen LogP contribution in [0.1, 0.15) is 12.0 Å². The van der Waals surface area contributed by atoms with Gasteiger partial charge in [0.25, 0.3) is 0 Å². The number of benzene rings is 1. The summed E-state index contributed by atoms with van der Waals surface area (Å²) in [5, 5.41) is 0. The lowest BCUT2D eigenvalue weighted by molar-refractivity contribution is -0.131. The molecule has 1 heterocycles. The number of anilines is 1. The molecule has 0 aliphatic carbocycles. The average Bonchev–Trinajstić information content (AvgIpc) is 2.40. The Kier molecular flexibility index (Phi) is 4.48. The maximum Gasteiger partial charge on any atom is 0.223 e. The Morgan fingerprint density at radius 1 is 1.22 bits per heavy atom. The minimum atomic E-state index is 0.175. The highest BCUT2D eigenvalue weighted by Gasteiger charge is 2.21. The zero-order valence-electron chi connectivity index (χ0n) is 10.7. The fourth-order valence-electron chi connectivity index (χ4n) is 2.35. The first kappa shape index (κ1) is 13.2. The van der Waals surface area contributed by atoms with E-state index in [1.807, 2.05) is 4.90 Å². The van der Waals surface area contributed by atoms with Crippen LogP contribution in [0, 0.1) is 6.92 Å². The fraction of sp³-hybridized carbons (Fsp3) is 0.500. The van der Waals surface area contributed by atoms with Crippen LogP contribution in [-0.2, 0) is 4.79 Å². The van der Waals surface area contributed by atoms with Gasteiger partial charge in [-0.05, 0) is 18.6 Å². The molecular weight excluding hydrogens is 248 g/mol. The average molecular weight is 267 g/mol. The molecule has 1 amide bonds. The highest BCUT2D eigenvalue weighted by atomic mass is 35.5. The third kappa shape index (κ3) is 2.96. The molecule has 4 heteroatoms. The van der Waals surface area contributed by atoms with Crippen molar-refractivity contribution in [1.29, 1.82) is 0 Å². The van der Waals surface area contributed by atoms with Crippen LogP contribution < -0.4 is 4.90 Å². The highest BCUT2D eigenvalue weighted by molar-refractivity contribution is 6.18. The number of hydrogen-bond acceptors (Lipinski definition) is 2. The van der Waals surface area contributed by atoms with Gasteiger partial charge in [-0.15, -0.1) is 11.6 Å². The number of aryl methyl sites for hydroxylation is 1. The summed E-state index contributed by atoms with van der Waals surface area (Å²) in [6, 6.07) is 8.39. The normalized spacial score (nSPS) is 15.9. The quantitative estimate of drug-likeness (QED) is 0.784. The first-order chi connectivity index (χ1) is 8.72. The molecule has 3 nitrogen and oxygen atoms in total. The summed E-state index contributed by atoms with van der Waals surface area (Å²) in [4.78, 5) is 16.0. The second-order valence-corrected chi connectivity index (χ2v) is 4.97. The van der Waals surface area contributed by atoms with Crippen LogP contribution in [-0.4, -0.2) is 42.9 Å². The van der Waals surface area contributed by atoms with E-state index in [0.717, 1.165) is 26.2 Å². The van der Waals surface area contributed by atoms with E-state index in [9.17, 15) is 4.79 Å². The summed E-state index contributed by atoms with van der Waals surface area (Å²) in [7, 11) is 0. The Labute approximate surface area is 113 Å². The molecule has 1 saturated heterocycles. The number of alkyl halides is 1. The molecule has 0 aromatic heterocycles. The van der Waals surface area contributed by atoms with Gasteiger partial charge in [0.15, 0.2) is 0 Å². The van der Waals surface area contributed by atoms with Crippen molar-refractivity contribution in [3.05, 3.63) is 29.8 Å². The second-order valence-electron chi connectivity index (χ2n) is 4.59. The molecule has 18 heavy (non-hydrogen) atoms. The number of amides is 1. The lowest BCUT2D eigenvalue weighted by Gasteiger charge is -2.36. The summed E-state index contributed by atoms with van der Waals surface area (Å²) in [5.41, 5.74) is 2.57. The molecule has 1 aliphatic heterocycles. The number of halogens is 1. The van der Waals surface area contributed by atoms with Gasteiger partial charge < -0.3 is 9.80 Å². The Balaban J connectivity index is 1.95. The van der Waals surface area contributed by atoms with Crippen molar-refractivity contribution in [2.75, 3.05) is 37.0 Å². The molecule has 0 radical (unpaired) electrons. The number of rotatable bonds is 3. The summed E-state index contributed by atoms with van der Waals surface area (Å²) in [6.07, 6.45) is 0.450. The Hall–Kier alpha value is -1.22. The van der Waals surface area contributed by atoms with Crippen molar-refractivity contribution in [1.82, 2.24) is 4.90 Å². The lowest BCUT2D eigenvalue weighted by atomic mass is 10.1. The summed E-state index contributed by atoms with van der Waals surface area (Å²) in [6.45, 7) is 5.52. The predicted octanol–water partition coefficient (Wildman–Crippen LogP) is 2.27. The highest BCUT2D eigenvalue weighted by Crippen LogP contribution is 2.20. The van der Waals surface area contributed by atoms with Gasteiger partial charge in [-0.3, -0.25) is 4.79 Å². The summed E-state index contributed by atoms with van der Waals surface area (Å²) < 4.78 is 0. The van der Waals surface area contributed by atoms with Gasteiger partial charge in [-0.25, -0.2) is 0 Å². The van der Waals surface area contributed by atoms with E-state index in [1.165, 1.54) is 11.3 Å². The minimum Gasteiger partial charge on any atom is -0.368 e. The van der Waals surface area contributed by atoms with Gasteiger partial charge in [0.2, 0.25) is 5.91 Å². The molecule has 1 fully saturated rings. The zero-order valence-corrected chi connectivity index (χ0v) is 11.5. The third-order valence-electron chi connectivity index (χ3n) is 3.40. The number of para-hydroxylation sites is 1. The monoisotopic (exact) mass is 266 g/mol. The fourth-order valence-corrected chi connectivity index (χ4v) is 2.52. The molecule has 1 aromatic carbocycles. The van der Waals surface area contributed by atoms with Crippen molar-refractivity contribution >= 4 is 23.2 Å². The number of nitrogens with zero attached hydrogens (tertiary/aromatic N) is 2. The van der Waals surface area contributed by atoms with E-state index in [4.69, 9.17) is 11.6 Å². The Bertz CT molecular complexity index is 414. The maximum atomic E-state index is 11.7. The van der Waals surface area contributed by atoms with Gasteiger partial charge in [0.05, 0.1) is 0 Å². The second kappa shape index (κ2) is 6.10. The van der Waals surface area contributed by atoms with E-state index in [-0.39, 0.29) is 5.91 Å². The molecule has 0 spiro atoms. The molecule has 0 unspecified atom stereocenters. The van der Waals surface area contributed by atoms with Crippen LogP contribution in [0.25, 0.3) is 0 Å². The van der Waals surface area contributed by atoms with Crippen molar-refractivity contribution < 1.29 is 4.79 Å². The van der Waals surface area contributed by atoms with Crippen LogP contribution in [0.15, 0.2) is 24.3 Å². The molecule has 0 atom stereocenters. The number of piperazine rings is 1. The third-order valence-corrected chi connectivity index (χ3v) is 3.59. The zero-order chi connectivity index (χ0) is 13.0. The topological polar surface area (TPSA) is 23.6 Å². The molecule has 1 aromatic rings. The predicted molar refractivity (Wildman–Crippen MR) is 75.3 cm³/mol. The SMILES string of the molecule is Cc1ccccc1N1CCN(C(=O)CCCl)CC1. The number of hydrogen-bond donors (Lipinski definition) is 0. The molecule has 98 valence electrons. The van der Waals surface area contributed by atoms with Crippen molar-refractivity contribution in [2.45, 2.75) is 13.3 Å². The van der Waals surface area contributed by atoms with E-state index in [0.29, 0.717) is 12.3 Å².